The highest BCUT2D eigenvalue weighted by molar-refractivity contribution is 5.98. The van der Waals surface area contributed by atoms with E-state index in [1.165, 1.54) is 21.6 Å². The van der Waals surface area contributed by atoms with Crippen LogP contribution in [0.5, 0.6) is 0 Å². The number of allylic oxidation sites excluding steroid dienone is 1. The van der Waals surface area contributed by atoms with Crippen LogP contribution in [0.3, 0.4) is 0 Å². The number of hydrogen-bond donors (Lipinski definition) is 1. The van der Waals surface area contributed by atoms with Crippen LogP contribution in [0.25, 0.3) is 11.6 Å². The molecule has 2 heterocycles. The van der Waals surface area contributed by atoms with Gasteiger partial charge in [-0.1, -0.05) is 54.6 Å². The molecule has 2 saturated heterocycles. The molecule has 0 spiro atoms. The molecule has 0 bridgehead atoms. The molecule has 0 saturated carbocycles. The Bertz CT molecular complexity index is 1010. The van der Waals surface area contributed by atoms with Crippen molar-refractivity contribution >= 4 is 23.6 Å². The molecule has 31 heavy (non-hydrogen) atoms. The molecule has 0 aromatic heterocycles. The number of hydrogen-bond acceptors (Lipinski definition) is 4. The lowest BCUT2D eigenvalue weighted by Gasteiger charge is -2.34. The minimum Gasteiger partial charge on any atom is -0.379 e. The number of benzene rings is 2. The van der Waals surface area contributed by atoms with Gasteiger partial charge < -0.3 is 10.1 Å². The first-order valence-electron chi connectivity index (χ1n) is 11.0. The van der Waals surface area contributed by atoms with Crippen LogP contribution in [-0.4, -0.2) is 61.1 Å². The van der Waals surface area contributed by atoms with Gasteiger partial charge in [0.2, 0.25) is 5.91 Å². The Balaban J connectivity index is 1.30. The topological polar surface area (TPSA) is 61.9 Å². The first-order chi connectivity index (χ1) is 15.2. The second-order valence-electron chi connectivity index (χ2n) is 8.34. The average molecular weight is 418 g/mol. The van der Waals surface area contributed by atoms with Gasteiger partial charge in [-0.15, -0.1) is 0 Å². The lowest BCUT2D eigenvalue weighted by atomic mass is 9.91. The molecular weight excluding hydrogens is 390 g/mol. The van der Waals surface area contributed by atoms with Crippen molar-refractivity contribution in [1.82, 2.24) is 15.1 Å². The van der Waals surface area contributed by atoms with Gasteiger partial charge in [0.05, 0.1) is 25.7 Å². The Labute approximate surface area is 182 Å². The molecule has 6 nitrogen and oxygen atoms in total. The molecule has 2 aromatic carbocycles. The number of nitrogens with one attached hydrogen (secondary N) is 1. The van der Waals surface area contributed by atoms with Crippen LogP contribution in [0.1, 0.15) is 34.7 Å². The summed E-state index contributed by atoms with van der Waals surface area (Å²) < 4.78 is 5.36. The molecule has 1 N–H and O–H groups in total. The number of rotatable bonds is 5. The summed E-state index contributed by atoms with van der Waals surface area (Å²) in [6, 6.07) is 15.9. The Hall–Kier alpha value is -2.96. The van der Waals surface area contributed by atoms with Crippen molar-refractivity contribution in [3.8, 4) is 0 Å². The van der Waals surface area contributed by atoms with Crippen LogP contribution < -0.4 is 5.32 Å². The number of carbonyl (C=O) groups is 2. The molecule has 1 unspecified atom stereocenters. The fourth-order valence-corrected chi connectivity index (χ4v) is 4.70. The van der Waals surface area contributed by atoms with E-state index in [2.05, 4.69) is 46.6 Å². The van der Waals surface area contributed by atoms with E-state index in [0.29, 0.717) is 26.3 Å². The molecule has 2 aliphatic heterocycles. The predicted octanol–water partition coefficient (Wildman–Crippen LogP) is 3.10. The summed E-state index contributed by atoms with van der Waals surface area (Å²) in [5.74, 6) is -0.111. The molecule has 1 atom stereocenters. The van der Waals surface area contributed by atoms with Gasteiger partial charge in [-0.25, -0.2) is 4.79 Å². The van der Waals surface area contributed by atoms with E-state index in [-0.39, 0.29) is 24.4 Å². The minimum absolute atomic E-state index is 0.111. The molecule has 6 heteroatoms. The SMILES string of the molecule is O=C1CC(c2ccccc2C2=Cc3ccccc3C2)NC(=O)N1CCN1CCOCC1. The number of ether oxygens (including phenoxy) is 1. The molecule has 3 aliphatic rings. The molecular formula is C25H27N3O3. The highest BCUT2D eigenvalue weighted by Crippen LogP contribution is 2.36. The van der Waals surface area contributed by atoms with E-state index in [1.54, 1.807) is 0 Å². The van der Waals surface area contributed by atoms with E-state index in [0.717, 1.165) is 30.6 Å². The van der Waals surface area contributed by atoms with Crippen molar-refractivity contribution in [2.45, 2.75) is 18.9 Å². The minimum atomic E-state index is -0.305. The first-order valence-corrected chi connectivity index (χ1v) is 11.0. The number of morpholine rings is 1. The Morgan fingerprint density at radius 2 is 1.74 bits per heavy atom. The second-order valence-corrected chi connectivity index (χ2v) is 8.34. The first kappa shape index (κ1) is 20.0. The zero-order chi connectivity index (χ0) is 21.2. The number of urea groups is 1. The quantitative estimate of drug-likeness (QED) is 0.812. The zero-order valence-corrected chi connectivity index (χ0v) is 17.5. The van der Waals surface area contributed by atoms with Crippen LogP contribution in [0, 0.1) is 0 Å². The smallest absolute Gasteiger partial charge is 0.324 e. The molecule has 1 aliphatic carbocycles. The van der Waals surface area contributed by atoms with Crippen molar-refractivity contribution in [2.24, 2.45) is 0 Å². The maximum atomic E-state index is 12.9. The molecule has 2 aromatic rings. The van der Waals surface area contributed by atoms with E-state index in [4.69, 9.17) is 4.74 Å². The lowest BCUT2D eigenvalue weighted by molar-refractivity contribution is -0.130. The van der Waals surface area contributed by atoms with Crippen molar-refractivity contribution in [2.75, 3.05) is 39.4 Å². The Morgan fingerprint density at radius 3 is 2.55 bits per heavy atom. The molecule has 2 fully saturated rings. The van der Waals surface area contributed by atoms with E-state index < -0.39 is 0 Å². The van der Waals surface area contributed by atoms with Crippen LogP contribution in [0.4, 0.5) is 4.79 Å². The number of carbonyl (C=O) groups excluding carboxylic acids is 2. The molecule has 3 amide bonds. The maximum Gasteiger partial charge on any atom is 0.324 e. The Morgan fingerprint density at radius 1 is 0.968 bits per heavy atom. The highest BCUT2D eigenvalue weighted by atomic mass is 16.5. The second kappa shape index (κ2) is 8.65. The average Bonchev–Trinajstić information content (AvgIpc) is 3.23. The van der Waals surface area contributed by atoms with Crippen molar-refractivity contribution in [1.29, 1.82) is 0 Å². The molecule has 160 valence electrons. The number of nitrogens with zero attached hydrogens (tertiary/aromatic N) is 2. The van der Waals surface area contributed by atoms with Crippen molar-refractivity contribution in [3.05, 3.63) is 70.8 Å². The van der Waals surface area contributed by atoms with Crippen LogP contribution in [0.15, 0.2) is 48.5 Å². The fourth-order valence-electron chi connectivity index (χ4n) is 4.70. The lowest BCUT2D eigenvalue weighted by Crippen LogP contribution is -2.53. The van der Waals surface area contributed by atoms with E-state index in [9.17, 15) is 9.59 Å². The maximum absolute atomic E-state index is 12.9. The molecule has 0 radical (unpaired) electrons. The standard InChI is InChI=1S/C25H27N3O3/c29-24-17-23(26-25(30)28(24)10-9-27-11-13-31-14-12-27)22-8-4-3-7-21(22)20-15-18-5-1-2-6-19(18)16-20/h1-8,15,23H,9-14,16-17H2,(H,26,30). The summed E-state index contributed by atoms with van der Waals surface area (Å²) in [6.45, 7) is 4.21. The summed E-state index contributed by atoms with van der Waals surface area (Å²) in [5, 5.41) is 3.08. The largest absolute Gasteiger partial charge is 0.379 e. The number of fused-ring (bicyclic) bond motifs is 1. The van der Waals surface area contributed by atoms with Gasteiger partial charge in [0.15, 0.2) is 0 Å². The fraction of sp³-hybridized carbons (Fsp3) is 0.360. The molecule has 5 rings (SSSR count). The van der Waals surface area contributed by atoms with E-state index in [1.807, 2.05) is 18.2 Å². The summed E-state index contributed by atoms with van der Waals surface area (Å²) in [4.78, 5) is 29.3. The van der Waals surface area contributed by atoms with Crippen LogP contribution in [0.2, 0.25) is 0 Å². The summed E-state index contributed by atoms with van der Waals surface area (Å²) >= 11 is 0. The van der Waals surface area contributed by atoms with Gasteiger partial charge in [0.25, 0.3) is 0 Å². The number of imide groups is 1. The third kappa shape index (κ3) is 4.13. The highest BCUT2D eigenvalue weighted by Gasteiger charge is 2.34. The van der Waals surface area contributed by atoms with Gasteiger partial charge in [-0.2, -0.15) is 0 Å². The summed E-state index contributed by atoms with van der Waals surface area (Å²) in [5.41, 5.74) is 5.90. The van der Waals surface area contributed by atoms with Crippen LogP contribution in [-0.2, 0) is 16.0 Å². The monoisotopic (exact) mass is 417 g/mol. The van der Waals surface area contributed by atoms with Gasteiger partial charge >= 0.3 is 6.03 Å². The Kier molecular flexibility index (Phi) is 5.57. The van der Waals surface area contributed by atoms with Gasteiger partial charge in [0.1, 0.15) is 0 Å². The van der Waals surface area contributed by atoms with E-state index >= 15 is 0 Å². The van der Waals surface area contributed by atoms with Gasteiger partial charge in [0, 0.05) is 26.2 Å². The summed E-state index contributed by atoms with van der Waals surface area (Å²) in [6.07, 6.45) is 3.37. The van der Waals surface area contributed by atoms with Crippen molar-refractivity contribution < 1.29 is 14.3 Å². The van der Waals surface area contributed by atoms with Crippen LogP contribution >= 0.6 is 0 Å². The zero-order valence-electron chi connectivity index (χ0n) is 17.5. The van der Waals surface area contributed by atoms with Gasteiger partial charge in [-0.05, 0) is 34.2 Å². The third-order valence-electron chi connectivity index (χ3n) is 6.41. The van der Waals surface area contributed by atoms with Gasteiger partial charge in [-0.3, -0.25) is 14.6 Å². The number of amides is 3. The normalized spacial score (nSPS) is 21.6. The summed E-state index contributed by atoms with van der Waals surface area (Å²) in [7, 11) is 0. The van der Waals surface area contributed by atoms with Crippen molar-refractivity contribution in [3.63, 3.8) is 0 Å². The predicted molar refractivity (Wildman–Crippen MR) is 119 cm³/mol. The third-order valence-corrected chi connectivity index (χ3v) is 6.41.